The summed E-state index contributed by atoms with van der Waals surface area (Å²) in [6.45, 7) is 1.99. The maximum atomic E-state index is 13.1. The lowest BCUT2D eigenvalue weighted by Gasteiger charge is -2.22. The van der Waals surface area contributed by atoms with E-state index in [2.05, 4.69) is 5.10 Å². The molecule has 0 unspecified atom stereocenters. The van der Waals surface area contributed by atoms with Crippen molar-refractivity contribution in [2.45, 2.75) is 32.1 Å². The van der Waals surface area contributed by atoms with Crippen molar-refractivity contribution in [3.05, 3.63) is 53.6 Å². The summed E-state index contributed by atoms with van der Waals surface area (Å²) in [5.74, 6) is -1.40. The SMILES string of the molecule is Cc1cnn(CCC(=O)N[C@H](c2ccc(F)cc2)C(F)(F)F)c1. The molecule has 0 spiro atoms. The number of rotatable bonds is 5. The first-order valence-electron chi connectivity index (χ1n) is 6.86. The van der Waals surface area contributed by atoms with E-state index in [4.69, 9.17) is 0 Å². The van der Waals surface area contributed by atoms with Crippen LogP contribution in [-0.4, -0.2) is 21.9 Å². The van der Waals surface area contributed by atoms with Crippen LogP contribution in [0.3, 0.4) is 0 Å². The van der Waals surface area contributed by atoms with E-state index >= 15 is 0 Å². The highest BCUT2D eigenvalue weighted by molar-refractivity contribution is 5.76. The lowest BCUT2D eigenvalue weighted by Crippen LogP contribution is -2.38. The fourth-order valence-corrected chi connectivity index (χ4v) is 2.05. The Morgan fingerprint density at radius 1 is 1.30 bits per heavy atom. The minimum Gasteiger partial charge on any atom is -0.341 e. The van der Waals surface area contributed by atoms with Gasteiger partial charge in [-0.3, -0.25) is 9.48 Å². The summed E-state index contributed by atoms with van der Waals surface area (Å²) < 4.78 is 53.6. The van der Waals surface area contributed by atoms with Gasteiger partial charge in [0.25, 0.3) is 0 Å². The van der Waals surface area contributed by atoms with Gasteiger partial charge in [0.1, 0.15) is 5.82 Å². The third-order valence-corrected chi connectivity index (χ3v) is 3.17. The van der Waals surface area contributed by atoms with Gasteiger partial charge in [-0.1, -0.05) is 12.1 Å². The predicted octanol–water partition coefficient (Wildman–Crippen LogP) is 3.14. The highest BCUT2D eigenvalue weighted by Crippen LogP contribution is 2.32. The first-order valence-corrected chi connectivity index (χ1v) is 6.86. The van der Waals surface area contributed by atoms with Crippen LogP contribution in [0.2, 0.25) is 0 Å². The van der Waals surface area contributed by atoms with E-state index in [9.17, 15) is 22.4 Å². The minimum absolute atomic E-state index is 0.144. The van der Waals surface area contributed by atoms with Crippen LogP contribution in [0.25, 0.3) is 0 Å². The van der Waals surface area contributed by atoms with Gasteiger partial charge in [-0.15, -0.1) is 0 Å². The molecule has 0 fully saturated rings. The van der Waals surface area contributed by atoms with Gasteiger partial charge in [0.15, 0.2) is 6.04 Å². The zero-order chi connectivity index (χ0) is 17.0. The number of alkyl halides is 3. The Hall–Kier alpha value is -2.38. The number of nitrogens with one attached hydrogen (secondary N) is 1. The van der Waals surface area contributed by atoms with E-state index in [1.54, 1.807) is 12.4 Å². The quantitative estimate of drug-likeness (QED) is 0.857. The summed E-state index contributed by atoms with van der Waals surface area (Å²) in [6, 6.07) is 1.68. The molecule has 2 aromatic rings. The van der Waals surface area contributed by atoms with Gasteiger partial charge >= 0.3 is 6.18 Å². The van der Waals surface area contributed by atoms with Gasteiger partial charge < -0.3 is 5.32 Å². The zero-order valence-electron chi connectivity index (χ0n) is 12.3. The standard InChI is InChI=1S/C15H15F4N3O/c1-10-8-20-22(9-10)7-6-13(23)21-14(15(17,18)19)11-2-4-12(16)5-3-11/h2-5,8-9,14H,6-7H2,1H3,(H,21,23)/t14-/m1/s1. The number of hydrogen-bond acceptors (Lipinski definition) is 2. The molecule has 1 amide bonds. The fraction of sp³-hybridized carbons (Fsp3) is 0.333. The second-order valence-corrected chi connectivity index (χ2v) is 5.12. The van der Waals surface area contributed by atoms with Crippen LogP contribution in [-0.2, 0) is 11.3 Å². The highest BCUT2D eigenvalue weighted by atomic mass is 19.4. The molecule has 124 valence electrons. The molecule has 0 aliphatic rings. The van der Waals surface area contributed by atoms with E-state index in [-0.39, 0.29) is 18.5 Å². The molecule has 1 aromatic heterocycles. The van der Waals surface area contributed by atoms with E-state index in [1.165, 1.54) is 4.68 Å². The normalized spacial score (nSPS) is 12.9. The Kier molecular flexibility index (Phi) is 5.02. The molecule has 23 heavy (non-hydrogen) atoms. The number of amides is 1. The molecule has 0 radical (unpaired) electrons. The van der Waals surface area contributed by atoms with Crippen molar-refractivity contribution in [2.75, 3.05) is 0 Å². The molecular formula is C15H15F4N3O. The minimum atomic E-state index is -4.67. The van der Waals surface area contributed by atoms with Crippen LogP contribution in [0.1, 0.15) is 23.6 Å². The third-order valence-electron chi connectivity index (χ3n) is 3.17. The molecule has 0 aliphatic heterocycles. The number of benzene rings is 1. The van der Waals surface area contributed by atoms with Crippen molar-refractivity contribution in [2.24, 2.45) is 0 Å². The summed E-state index contributed by atoms with van der Waals surface area (Å²) >= 11 is 0. The maximum Gasteiger partial charge on any atom is 0.412 e. The van der Waals surface area contributed by atoms with Crippen LogP contribution >= 0.6 is 0 Å². The Balaban J connectivity index is 2.02. The predicted molar refractivity (Wildman–Crippen MR) is 74.9 cm³/mol. The first kappa shape index (κ1) is 17.0. The number of nitrogens with zero attached hydrogens (tertiary/aromatic N) is 2. The lowest BCUT2D eigenvalue weighted by atomic mass is 10.1. The topological polar surface area (TPSA) is 46.9 Å². The van der Waals surface area contributed by atoms with E-state index < -0.39 is 23.9 Å². The molecule has 0 aliphatic carbocycles. The first-order chi connectivity index (χ1) is 10.8. The Bertz CT molecular complexity index is 664. The second-order valence-electron chi connectivity index (χ2n) is 5.12. The molecule has 0 saturated heterocycles. The fourth-order valence-electron chi connectivity index (χ4n) is 2.05. The van der Waals surface area contributed by atoms with Crippen molar-refractivity contribution in [3.8, 4) is 0 Å². The summed E-state index contributed by atoms with van der Waals surface area (Å²) in [6.07, 6.45) is -1.53. The third kappa shape index (κ3) is 4.80. The molecule has 1 atom stereocenters. The zero-order valence-corrected chi connectivity index (χ0v) is 12.3. The molecule has 2 rings (SSSR count). The molecule has 1 aromatic carbocycles. The molecule has 0 saturated carbocycles. The van der Waals surface area contributed by atoms with Crippen LogP contribution in [0.5, 0.6) is 0 Å². The number of aryl methyl sites for hydroxylation is 2. The van der Waals surface area contributed by atoms with Gasteiger partial charge in [-0.05, 0) is 30.2 Å². The van der Waals surface area contributed by atoms with Gasteiger partial charge in [0.2, 0.25) is 5.91 Å². The van der Waals surface area contributed by atoms with Crippen LogP contribution in [0.15, 0.2) is 36.7 Å². The van der Waals surface area contributed by atoms with Crippen molar-refractivity contribution >= 4 is 5.91 Å². The van der Waals surface area contributed by atoms with Gasteiger partial charge in [0, 0.05) is 19.2 Å². The Morgan fingerprint density at radius 3 is 2.48 bits per heavy atom. The lowest BCUT2D eigenvalue weighted by molar-refractivity contribution is -0.163. The van der Waals surface area contributed by atoms with Crippen LogP contribution < -0.4 is 5.32 Å². The Labute approximate surface area is 130 Å². The van der Waals surface area contributed by atoms with E-state index in [1.807, 2.05) is 12.2 Å². The van der Waals surface area contributed by atoms with Gasteiger partial charge in [-0.25, -0.2) is 4.39 Å². The van der Waals surface area contributed by atoms with Gasteiger partial charge in [-0.2, -0.15) is 18.3 Å². The number of carbonyl (C=O) groups excluding carboxylic acids is 1. The molecule has 0 bridgehead atoms. The molecule has 8 heteroatoms. The number of hydrogen-bond donors (Lipinski definition) is 1. The molecule has 4 nitrogen and oxygen atoms in total. The average Bonchev–Trinajstić information content (AvgIpc) is 2.88. The largest absolute Gasteiger partial charge is 0.412 e. The smallest absolute Gasteiger partial charge is 0.341 e. The average molecular weight is 329 g/mol. The monoisotopic (exact) mass is 329 g/mol. The Morgan fingerprint density at radius 2 is 1.96 bits per heavy atom. The van der Waals surface area contributed by atoms with Crippen molar-refractivity contribution in [1.29, 1.82) is 0 Å². The van der Waals surface area contributed by atoms with Gasteiger partial charge in [0.05, 0.1) is 6.20 Å². The molecule has 1 N–H and O–H groups in total. The van der Waals surface area contributed by atoms with E-state index in [0.29, 0.717) is 0 Å². The van der Waals surface area contributed by atoms with Crippen LogP contribution in [0.4, 0.5) is 17.6 Å². The van der Waals surface area contributed by atoms with Crippen LogP contribution in [0, 0.1) is 12.7 Å². The second kappa shape index (κ2) is 6.80. The van der Waals surface area contributed by atoms with Crippen molar-refractivity contribution < 1.29 is 22.4 Å². The maximum absolute atomic E-state index is 13.1. The summed E-state index contributed by atoms with van der Waals surface area (Å²) in [5, 5.41) is 5.90. The molecular weight excluding hydrogens is 314 g/mol. The highest BCUT2D eigenvalue weighted by Gasteiger charge is 2.41. The summed E-state index contributed by atoms with van der Waals surface area (Å²) in [4.78, 5) is 11.8. The number of carbonyl (C=O) groups is 1. The van der Waals surface area contributed by atoms with Crippen molar-refractivity contribution in [3.63, 3.8) is 0 Å². The number of aromatic nitrogens is 2. The van der Waals surface area contributed by atoms with E-state index in [0.717, 1.165) is 29.8 Å². The summed E-state index contributed by atoms with van der Waals surface area (Å²) in [7, 11) is 0. The van der Waals surface area contributed by atoms with Crippen molar-refractivity contribution in [1.82, 2.24) is 15.1 Å². The number of halogens is 4. The summed E-state index contributed by atoms with van der Waals surface area (Å²) in [5.41, 5.74) is 0.673. The molecule has 1 heterocycles.